The Morgan fingerprint density at radius 3 is 2.31 bits per heavy atom. The van der Waals surface area contributed by atoms with Gasteiger partial charge in [0, 0.05) is 19.5 Å². The molecule has 2 amide bonds. The molecule has 26 heavy (non-hydrogen) atoms. The van der Waals surface area contributed by atoms with Crippen LogP contribution < -0.4 is 0 Å². The third kappa shape index (κ3) is 6.06. The zero-order valence-electron chi connectivity index (χ0n) is 15.7. The molecular weight excluding hydrogens is 328 g/mol. The predicted octanol–water partition coefficient (Wildman–Crippen LogP) is 3.50. The number of carbonyl (C=O) groups excluding carboxylic acids is 2. The summed E-state index contributed by atoms with van der Waals surface area (Å²) in [7, 11) is 0. The molecule has 5 nitrogen and oxygen atoms in total. The SMILES string of the molecule is CCCN(CC(=O)N(CCc1ccccc1)Cc1ccco1)C(=O)CC. The summed E-state index contributed by atoms with van der Waals surface area (Å²) in [5.41, 5.74) is 1.18. The van der Waals surface area contributed by atoms with E-state index in [0.717, 1.165) is 18.6 Å². The van der Waals surface area contributed by atoms with E-state index < -0.39 is 0 Å². The van der Waals surface area contributed by atoms with Crippen LogP contribution in [0.4, 0.5) is 0 Å². The number of hydrogen-bond donors (Lipinski definition) is 0. The van der Waals surface area contributed by atoms with Crippen LogP contribution in [0.3, 0.4) is 0 Å². The minimum atomic E-state index is -0.0485. The van der Waals surface area contributed by atoms with E-state index >= 15 is 0 Å². The Kier molecular flexibility index (Phi) is 7.93. The molecular formula is C21H28N2O3. The Hall–Kier alpha value is -2.56. The molecule has 0 unspecified atom stereocenters. The second-order valence-corrected chi connectivity index (χ2v) is 6.30. The van der Waals surface area contributed by atoms with Gasteiger partial charge in [0.15, 0.2) is 0 Å². The average Bonchev–Trinajstić information content (AvgIpc) is 3.18. The fourth-order valence-corrected chi connectivity index (χ4v) is 2.84. The Morgan fingerprint density at radius 2 is 1.69 bits per heavy atom. The van der Waals surface area contributed by atoms with Crippen LogP contribution in [0.1, 0.15) is 38.0 Å². The molecule has 0 atom stereocenters. The first-order valence-corrected chi connectivity index (χ1v) is 9.25. The molecule has 0 fully saturated rings. The quantitative estimate of drug-likeness (QED) is 0.655. The summed E-state index contributed by atoms with van der Waals surface area (Å²) >= 11 is 0. The van der Waals surface area contributed by atoms with Gasteiger partial charge in [0.25, 0.3) is 0 Å². The van der Waals surface area contributed by atoms with E-state index in [4.69, 9.17) is 4.42 Å². The summed E-state index contributed by atoms with van der Waals surface area (Å²) in [6.07, 6.45) is 3.62. The highest BCUT2D eigenvalue weighted by Gasteiger charge is 2.20. The Bertz CT molecular complexity index is 668. The molecule has 0 N–H and O–H groups in total. The maximum atomic E-state index is 12.9. The van der Waals surface area contributed by atoms with Gasteiger partial charge < -0.3 is 14.2 Å². The second kappa shape index (κ2) is 10.4. The topological polar surface area (TPSA) is 53.8 Å². The highest BCUT2D eigenvalue weighted by Crippen LogP contribution is 2.10. The standard InChI is InChI=1S/C21H28N2O3/c1-3-13-22(20(24)4-2)17-21(25)23(16-19-11-8-15-26-19)14-12-18-9-6-5-7-10-18/h5-11,15H,3-4,12-14,16-17H2,1-2H3. The third-order valence-electron chi connectivity index (χ3n) is 4.27. The van der Waals surface area contributed by atoms with Gasteiger partial charge in [0.2, 0.25) is 11.8 Å². The summed E-state index contributed by atoms with van der Waals surface area (Å²) < 4.78 is 5.41. The molecule has 2 aromatic rings. The first-order chi connectivity index (χ1) is 12.6. The molecule has 1 aromatic heterocycles. The summed E-state index contributed by atoms with van der Waals surface area (Å²) in [6, 6.07) is 13.8. The highest BCUT2D eigenvalue weighted by atomic mass is 16.3. The molecule has 0 aliphatic rings. The van der Waals surface area contributed by atoms with E-state index in [9.17, 15) is 9.59 Å². The zero-order valence-corrected chi connectivity index (χ0v) is 15.7. The van der Waals surface area contributed by atoms with Gasteiger partial charge in [-0.05, 0) is 30.5 Å². The number of amides is 2. The number of carbonyl (C=O) groups is 2. The van der Waals surface area contributed by atoms with Crippen LogP contribution in [-0.2, 0) is 22.6 Å². The molecule has 1 aromatic carbocycles. The van der Waals surface area contributed by atoms with E-state index in [1.54, 1.807) is 16.1 Å². The number of nitrogens with zero attached hydrogens (tertiary/aromatic N) is 2. The fraction of sp³-hybridized carbons (Fsp3) is 0.429. The Morgan fingerprint density at radius 1 is 0.923 bits per heavy atom. The lowest BCUT2D eigenvalue weighted by Crippen LogP contribution is -2.43. The van der Waals surface area contributed by atoms with Crippen LogP contribution in [0.5, 0.6) is 0 Å². The van der Waals surface area contributed by atoms with Crippen molar-refractivity contribution in [2.75, 3.05) is 19.6 Å². The number of benzene rings is 1. The average molecular weight is 356 g/mol. The number of hydrogen-bond acceptors (Lipinski definition) is 3. The summed E-state index contributed by atoms with van der Waals surface area (Å²) in [4.78, 5) is 28.4. The fourth-order valence-electron chi connectivity index (χ4n) is 2.84. The van der Waals surface area contributed by atoms with Gasteiger partial charge in [-0.1, -0.05) is 44.2 Å². The van der Waals surface area contributed by atoms with Gasteiger partial charge in [0.05, 0.1) is 19.4 Å². The van der Waals surface area contributed by atoms with Crippen molar-refractivity contribution in [2.24, 2.45) is 0 Å². The van der Waals surface area contributed by atoms with Crippen molar-refractivity contribution in [1.82, 2.24) is 9.80 Å². The van der Waals surface area contributed by atoms with Gasteiger partial charge in [-0.15, -0.1) is 0 Å². The highest BCUT2D eigenvalue weighted by molar-refractivity contribution is 5.84. The number of furan rings is 1. The smallest absolute Gasteiger partial charge is 0.242 e. The summed E-state index contributed by atoms with van der Waals surface area (Å²) in [6.45, 7) is 5.56. The zero-order chi connectivity index (χ0) is 18.8. The van der Waals surface area contributed by atoms with Gasteiger partial charge in [0.1, 0.15) is 5.76 Å². The largest absolute Gasteiger partial charge is 0.467 e. The molecule has 0 radical (unpaired) electrons. The van der Waals surface area contributed by atoms with Gasteiger partial charge in [-0.2, -0.15) is 0 Å². The maximum Gasteiger partial charge on any atom is 0.242 e. The molecule has 2 rings (SSSR count). The van der Waals surface area contributed by atoms with Crippen molar-refractivity contribution in [2.45, 2.75) is 39.7 Å². The van der Waals surface area contributed by atoms with Crippen molar-refractivity contribution in [1.29, 1.82) is 0 Å². The van der Waals surface area contributed by atoms with Crippen LogP contribution in [0, 0.1) is 0 Å². The van der Waals surface area contributed by atoms with Crippen LogP contribution in [0.25, 0.3) is 0 Å². The van der Waals surface area contributed by atoms with Crippen molar-refractivity contribution in [3.8, 4) is 0 Å². The molecule has 5 heteroatoms. The lowest BCUT2D eigenvalue weighted by Gasteiger charge is -2.27. The molecule has 0 bridgehead atoms. The summed E-state index contributed by atoms with van der Waals surface area (Å²) in [5, 5.41) is 0. The van der Waals surface area contributed by atoms with Gasteiger partial charge >= 0.3 is 0 Å². The maximum absolute atomic E-state index is 12.9. The molecule has 140 valence electrons. The minimum Gasteiger partial charge on any atom is -0.467 e. The van der Waals surface area contributed by atoms with E-state index in [0.29, 0.717) is 26.1 Å². The monoisotopic (exact) mass is 356 g/mol. The molecule has 1 heterocycles. The van der Waals surface area contributed by atoms with Crippen molar-refractivity contribution < 1.29 is 14.0 Å². The first-order valence-electron chi connectivity index (χ1n) is 9.25. The molecule has 0 spiro atoms. The van der Waals surface area contributed by atoms with Crippen LogP contribution in [-0.4, -0.2) is 41.2 Å². The first kappa shape index (κ1) is 19.8. The van der Waals surface area contributed by atoms with Crippen LogP contribution in [0.15, 0.2) is 53.1 Å². The van der Waals surface area contributed by atoms with Crippen LogP contribution in [0.2, 0.25) is 0 Å². The van der Waals surface area contributed by atoms with Gasteiger partial charge in [-0.3, -0.25) is 9.59 Å². The lowest BCUT2D eigenvalue weighted by atomic mass is 10.1. The van der Waals surface area contributed by atoms with Crippen molar-refractivity contribution in [3.05, 3.63) is 60.1 Å². The van der Waals surface area contributed by atoms with Crippen molar-refractivity contribution in [3.63, 3.8) is 0 Å². The Labute approximate surface area is 155 Å². The molecule has 0 aliphatic heterocycles. The second-order valence-electron chi connectivity index (χ2n) is 6.30. The lowest BCUT2D eigenvalue weighted by molar-refractivity contribution is -0.140. The van der Waals surface area contributed by atoms with Crippen LogP contribution >= 0.6 is 0 Å². The van der Waals surface area contributed by atoms with E-state index in [-0.39, 0.29) is 18.4 Å². The number of rotatable bonds is 10. The van der Waals surface area contributed by atoms with E-state index in [1.807, 2.05) is 44.2 Å². The predicted molar refractivity (Wildman–Crippen MR) is 101 cm³/mol. The third-order valence-corrected chi connectivity index (χ3v) is 4.27. The normalized spacial score (nSPS) is 10.5. The molecule has 0 aliphatic carbocycles. The van der Waals surface area contributed by atoms with E-state index in [2.05, 4.69) is 12.1 Å². The minimum absolute atomic E-state index is 0.0150. The van der Waals surface area contributed by atoms with E-state index in [1.165, 1.54) is 5.56 Å². The Balaban J connectivity index is 2.05. The van der Waals surface area contributed by atoms with Crippen molar-refractivity contribution >= 4 is 11.8 Å². The molecule has 0 saturated heterocycles. The summed E-state index contributed by atoms with van der Waals surface area (Å²) in [5.74, 6) is 0.712. The molecule has 0 saturated carbocycles. The van der Waals surface area contributed by atoms with Gasteiger partial charge in [-0.25, -0.2) is 0 Å².